The van der Waals surface area contributed by atoms with E-state index in [1.54, 1.807) is 31.3 Å². The SMILES string of the molecule is COc1ccccc1CCC(=O)NCc1nnc(SCc2ccncc2)n1CC(C)C. The summed E-state index contributed by atoms with van der Waals surface area (Å²) >= 11 is 1.64. The van der Waals surface area contributed by atoms with Crippen LogP contribution in [0.5, 0.6) is 5.75 Å². The first-order chi connectivity index (χ1) is 15.1. The summed E-state index contributed by atoms with van der Waals surface area (Å²) in [6.07, 6.45) is 4.60. The highest BCUT2D eigenvalue weighted by molar-refractivity contribution is 7.98. The predicted molar refractivity (Wildman–Crippen MR) is 122 cm³/mol. The number of nitrogens with zero attached hydrogens (tertiary/aromatic N) is 4. The number of pyridine rings is 1. The third kappa shape index (κ3) is 6.82. The van der Waals surface area contributed by atoms with Gasteiger partial charge in [0.05, 0.1) is 13.7 Å². The molecule has 3 rings (SSSR count). The number of rotatable bonds is 11. The summed E-state index contributed by atoms with van der Waals surface area (Å²) in [5, 5.41) is 12.6. The van der Waals surface area contributed by atoms with Crippen molar-refractivity contribution in [2.45, 2.75) is 50.7 Å². The number of benzene rings is 1. The molecule has 164 valence electrons. The van der Waals surface area contributed by atoms with Crippen LogP contribution in [0.4, 0.5) is 0 Å². The Morgan fingerprint density at radius 1 is 1.16 bits per heavy atom. The van der Waals surface area contributed by atoms with E-state index in [9.17, 15) is 4.79 Å². The largest absolute Gasteiger partial charge is 0.496 e. The molecule has 3 aromatic rings. The molecular formula is C23H29N5O2S. The summed E-state index contributed by atoms with van der Waals surface area (Å²) in [7, 11) is 1.64. The topological polar surface area (TPSA) is 81.9 Å². The summed E-state index contributed by atoms with van der Waals surface area (Å²) in [5.41, 5.74) is 2.21. The maximum Gasteiger partial charge on any atom is 0.220 e. The van der Waals surface area contributed by atoms with Crippen molar-refractivity contribution in [3.8, 4) is 5.75 Å². The molecule has 1 N–H and O–H groups in total. The first-order valence-electron chi connectivity index (χ1n) is 10.4. The van der Waals surface area contributed by atoms with E-state index in [-0.39, 0.29) is 5.91 Å². The van der Waals surface area contributed by atoms with Crippen LogP contribution in [0.15, 0.2) is 53.9 Å². The highest BCUT2D eigenvalue weighted by Gasteiger charge is 2.15. The summed E-state index contributed by atoms with van der Waals surface area (Å²) in [6.45, 7) is 5.48. The summed E-state index contributed by atoms with van der Waals surface area (Å²) in [4.78, 5) is 16.5. The van der Waals surface area contributed by atoms with Crippen molar-refractivity contribution in [2.75, 3.05) is 7.11 Å². The Kier molecular flexibility index (Phi) is 8.46. The molecule has 0 saturated carbocycles. The van der Waals surface area contributed by atoms with Gasteiger partial charge in [-0.1, -0.05) is 43.8 Å². The molecule has 2 heterocycles. The molecular weight excluding hydrogens is 410 g/mol. The van der Waals surface area contributed by atoms with Crippen LogP contribution in [-0.2, 0) is 30.1 Å². The van der Waals surface area contributed by atoms with Crippen LogP contribution in [0, 0.1) is 5.92 Å². The molecule has 1 aromatic carbocycles. The van der Waals surface area contributed by atoms with Gasteiger partial charge in [-0.05, 0) is 41.7 Å². The number of carbonyl (C=O) groups excluding carboxylic acids is 1. The standard InChI is InChI=1S/C23H29N5O2S/c1-17(2)15-28-21(26-27-23(28)31-16-18-10-12-24-13-11-18)14-25-22(29)9-8-19-6-4-5-7-20(19)30-3/h4-7,10-13,17H,8-9,14-16H2,1-3H3,(H,25,29). The summed E-state index contributed by atoms with van der Waals surface area (Å²) in [5.74, 6) is 2.80. The van der Waals surface area contributed by atoms with Gasteiger partial charge in [0.15, 0.2) is 11.0 Å². The number of aryl methyl sites for hydroxylation is 1. The molecule has 0 radical (unpaired) electrons. The average molecular weight is 440 g/mol. The predicted octanol–water partition coefficient (Wildman–Crippen LogP) is 3.88. The zero-order valence-electron chi connectivity index (χ0n) is 18.2. The second-order valence-electron chi connectivity index (χ2n) is 7.64. The molecule has 0 saturated heterocycles. The number of carbonyl (C=O) groups is 1. The van der Waals surface area contributed by atoms with E-state index >= 15 is 0 Å². The Labute approximate surface area is 187 Å². The Hall–Kier alpha value is -2.87. The number of hydrogen-bond acceptors (Lipinski definition) is 6. The molecule has 0 aliphatic heterocycles. The van der Waals surface area contributed by atoms with E-state index in [1.165, 1.54) is 5.56 Å². The van der Waals surface area contributed by atoms with Crippen LogP contribution in [0.3, 0.4) is 0 Å². The fourth-order valence-electron chi connectivity index (χ4n) is 3.16. The number of thioether (sulfide) groups is 1. The van der Waals surface area contributed by atoms with Crippen molar-refractivity contribution >= 4 is 17.7 Å². The lowest BCUT2D eigenvalue weighted by Crippen LogP contribution is -2.25. The van der Waals surface area contributed by atoms with E-state index in [1.807, 2.05) is 36.4 Å². The number of para-hydroxylation sites is 1. The van der Waals surface area contributed by atoms with Gasteiger partial charge in [0.25, 0.3) is 0 Å². The maximum absolute atomic E-state index is 12.4. The lowest BCUT2D eigenvalue weighted by Gasteiger charge is -2.13. The van der Waals surface area contributed by atoms with Crippen LogP contribution in [0.1, 0.15) is 37.2 Å². The quantitative estimate of drug-likeness (QED) is 0.457. The highest BCUT2D eigenvalue weighted by atomic mass is 32.2. The van der Waals surface area contributed by atoms with E-state index in [0.717, 1.165) is 34.6 Å². The van der Waals surface area contributed by atoms with Gasteiger partial charge >= 0.3 is 0 Å². The van der Waals surface area contributed by atoms with Gasteiger partial charge in [0, 0.05) is 31.1 Å². The molecule has 0 spiro atoms. The lowest BCUT2D eigenvalue weighted by atomic mass is 10.1. The van der Waals surface area contributed by atoms with Crippen LogP contribution >= 0.6 is 11.8 Å². The number of nitrogens with one attached hydrogen (secondary N) is 1. The van der Waals surface area contributed by atoms with Gasteiger partial charge in [-0.2, -0.15) is 0 Å². The van der Waals surface area contributed by atoms with Crippen LogP contribution in [-0.4, -0.2) is 32.8 Å². The Balaban J connectivity index is 1.58. The Morgan fingerprint density at radius 2 is 1.94 bits per heavy atom. The maximum atomic E-state index is 12.4. The van der Waals surface area contributed by atoms with Gasteiger partial charge in [-0.3, -0.25) is 9.78 Å². The second-order valence-corrected chi connectivity index (χ2v) is 8.58. The highest BCUT2D eigenvalue weighted by Crippen LogP contribution is 2.23. The Bertz CT molecular complexity index is 975. The molecule has 7 nitrogen and oxygen atoms in total. The monoisotopic (exact) mass is 439 g/mol. The van der Waals surface area contributed by atoms with E-state index in [4.69, 9.17) is 4.74 Å². The molecule has 1 amide bonds. The van der Waals surface area contributed by atoms with Crippen LogP contribution < -0.4 is 10.1 Å². The van der Waals surface area contributed by atoms with Crippen molar-refractivity contribution < 1.29 is 9.53 Å². The smallest absolute Gasteiger partial charge is 0.220 e. The number of aromatic nitrogens is 4. The van der Waals surface area contributed by atoms with Crippen molar-refractivity contribution in [1.82, 2.24) is 25.1 Å². The summed E-state index contributed by atoms with van der Waals surface area (Å²) in [6, 6.07) is 11.8. The molecule has 0 unspecified atom stereocenters. The third-order valence-corrected chi connectivity index (χ3v) is 5.75. The molecule has 31 heavy (non-hydrogen) atoms. The molecule has 0 bridgehead atoms. The van der Waals surface area contributed by atoms with Gasteiger partial charge < -0.3 is 14.6 Å². The van der Waals surface area contributed by atoms with Crippen LogP contribution in [0.25, 0.3) is 0 Å². The zero-order chi connectivity index (χ0) is 22.1. The molecule has 0 atom stereocenters. The van der Waals surface area contributed by atoms with Crippen molar-refractivity contribution in [2.24, 2.45) is 5.92 Å². The molecule has 2 aromatic heterocycles. The normalized spacial score (nSPS) is 11.0. The number of amides is 1. The Morgan fingerprint density at radius 3 is 2.68 bits per heavy atom. The lowest BCUT2D eigenvalue weighted by molar-refractivity contribution is -0.121. The van der Waals surface area contributed by atoms with Crippen molar-refractivity contribution in [3.63, 3.8) is 0 Å². The number of ether oxygens (including phenoxy) is 1. The molecule has 8 heteroatoms. The van der Waals surface area contributed by atoms with Gasteiger partial charge in [0.2, 0.25) is 5.91 Å². The number of methoxy groups -OCH3 is 1. The minimum absolute atomic E-state index is 0.0176. The van der Waals surface area contributed by atoms with Gasteiger partial charge in [0.1, 0.15) is 5.75 Å². The van der Waals surface area contributed by atoms with Crippen molar-refractivity contribution in [3.05, 3.63) is 65.7 Å². The molecule has 0 aliphatic carbocycles. The first-order valence-corrected chi connectivity index (χ1v) is 11.4. The average Bonchev–Trinajstić information content (AvgIpc) is 3.16. The fraction of sp³-hybridized carbons (Fsp3) is 0.391. The number of hydrogen-bond donors (Lipinski definition) is 1. The second kappa shape index (κ2) is 11.5. The summed E-state index contributed by atoms with van der Waals surface area (Å²) < 4.78 is 7.47. The first kappa shape index (κ1) is 22.8. The molecule has 0 fully saturated rings. The van der Waals surface area contributed by atoms with Gasteiger partial charge in [-0.15, -0.1) is 10.2 Å². The minimum atomic E-state index is -0.0176. The van der Waals surface area contributed by atoms with E-state index < -0.39 is 0 Å². The van der Waals surface area contributed by atoms with E-state index in [0.29, 0.717) is 25.3 Å². The van der Waals surface area contributed by atoms with E-state index in [2.05, 4.69) is 38.9 Å². The zero-order valence-corrected chi connectivity index (χ0v) is 19.1. The van der Waals surface area contributed by atoms with Crippen molar-refractivity contribution in [1.29, 1.82) is 0 Å². The fourth-order valence-corrected chi connectivity index (χ4v) is 4.08. The van der Waals surface area contributed by atoms with Gasteiger partial charge in [-0.25, -0.2) is 0 Å². The van der Waals surface area contributed by atoms with Crippen LogP contribution in [0.2, 0.25) is 0 Å². The minimum Gasteiger partial charge on any atom is -0.496 e. The molecule has 0 aliphatic rings. The third-order valence-electron chi connectivity index (χ3n) is 4.72.